The minimum atomic E-state index is -0.435. The molecule has 0 saturated carbocycles. The van der Waals surface area contributed by atoms with Gasteiger partial charge in [-0.05, 0) is 35.9 Å². The molecule has 0 bridgehead atoms. The van der Waals surface area contributed by atoms with Crippen molar-refractivity contribution in [3.05, 3.63) is 53.1 Å². The molecule has 0 radical (unpaired) electrons. The Hall–Kier alpha value is -2.68. The van der Waals surface area contributed by atoms with Gasteiger partial charge in [0.1, 0.15) is 0 Å². The molecule has 2 heterocycles. The maximum atomic E-state index is 12.7. The quantitative estimate of drug-likeness (QED) is 0.583. The van der Waals surface area contributed by atoms with Crippen molar-refractivity contribution < 1.29 is 14.3 Å². The Morgan fingerprint density at radius 1 is 1.19 bits per heavy atom. The highest BCUT2D eigenvalue weighted by atomic mass is 35.5. The van der Waals surface area contributed by atoms with Gasteiger partial charge in [0.15, 0.2) is 5.13 Å². The van der Waals surface area contributed by atoms with Gasteiger partial charge in [-0.15, -0.1) is 0 Å². The highest BCUT2D eigenvalue weighted by Gasteiger charge is 2.19. The largest absolute Gasteiger partial charge is 0.378 e. The van der Waals surface area contributed by atoms with Crippen molar-refractivity contribution >= 4 is 55.8 Å². The van der Waals surface area contributed by atoms with Crippen molar-refractivity contribution in [1.29, 1.82) is 0 Å². The fourth-order valence-corrected chi connectivity index (χ4v) is 4.65. The van der Waals surface area contributed by atoms with Crippen LogP contribution in [-0.4, -0.2) is 43.1 Å². The van der Waals surface area contributed by atoms with E-state index >= 15 is 0 Å². The second-order valence-corrected chi connectivity index (χ2v) is 8.78. The van der Waals surface area contributed by atoms with Crippen LogP contribution < -0.4 is 15.5 Å². The number of nitrogens with zero attached hydrogens (tertiary/aromatic N) is 2. The summed E-state index contributed by atoms with van der Waals surface area (Å²) in [4.78, 5) is 31.3. The third kappa shape index (κ3) is 5.52. The Bertz CT molecular complexity index is 1080. The molecule has 31 heavy (non-hydrogen) atoms. The van der Waals surface area contributed by atoms with Crippen LogP contribution in [0, 0.1) is 0 Å². The van der Waals surface area contributed by atoms with Gasteiger partial charge in [-0.25, -0.2) is 4.98 Å². The van der Waals surface area contributed by atoms with Crippen LogP contribution in [0.5, 0.6) is 0 Å². The van der Waals surface area contributed by atoms with E-state index in [1.165, 1.54) is 6.92 Å². The number of fused-ring (bicyclic) bond motifs is 1. The standard InChI is InChI=1S/C22H23ClN4O3S/c1-14(28)24-19(15-2-4-16(23)5-3-15)13-21(29)25-17-6-7-18-20(12-17)31-22(26-18)27-8-10-30-11-9-27/h2-7,12,19H,8-11,13H2,1H3,(H,24,28)(H,25,29). The molecule has 9 heteroatoms. The Balaban J connectivity index is 1.46. The first-order chi connectivity index (χ1) is 15.0. The van der Waals surface area contributed by atoms with Crippen molar-refractivity contribution in [2.45, 2.75) is 19.4 Å². The zero-order chi connectivity index (χ0) is 21.8. The van der Waals surface area contributed by atoms with E-state index in [2.05, 4.69) is 15.5 Å². The molecule has 4 rings (SSSR count). The molecule has 2 amide bonds. The monoisotopic (exact) mass is 458 g/mol. The van der Waals surface area contributed by atoms with Crippen LogP contribution in [-0.2, 0) is 14.3 Å². The van der Waals surface area contributed by atoms with Crippen LogP contribution in [0.3, 0.4) is 0 Å². The summed E-state index contributed by atoms with van der Waals surface area (Å²) in [5.41, 5.74) is 2.43. The summed E-state index contributed by atoms with van der Waals surface area (Å²) in [5.74, 6) is -0.388. The minimum absolute atomic E-state index is 0.112. The first-order valence-corrected chi connectivity index (χ1v) is 11.2. The number of ether oxygens (including phenoxy) is 1. The van der Waals surface area contributed by atoms with Crippen molar-refractivity contribution in [3.8, 4) is 0 Å². The van der Waals surface area contributed by atoms with Gasteiger partial charge in [0.05, 0.1) is 35.9 Å². The lowest BCUT2D eigenvalue weighted by Gasteiger charge is -2.25. The van der Waals surface area contributed by atoms with Gasteiger partial charge in [-0.1, -0.05) is 35.1 Å². The summed E-state index contributed by atoms with van der Waals surface area (Å²) in [6, 6.07) is 12.4. The molecule has 2 N–H and O–H groups in total. The predicted molar refractivity (Wildman–Crippen MR) is 124 cm³/mol. The van der Waals surface area contributed by atoms with E-state index in [4.69, 9.17) is 21.3 Å². The van der Waals surface area contributed by atoms with Gasteiger partial charge in [0, 0.05) is 30.7 Å². The van der Waals surface area contributed by atoms with Crippen LogP contribution in [0.2, 0.25) is 5.02 Å². The number of morpholine rings is 1. The molecule has 0 aliphatic carbocycles. The first kappa shape index (κ1) is 21.5. The number of halogens is 1. The van der Waals surface area contributed by atoms with Crippen molar-refractivity contribution in [2.24, 2.45) is 0 Å². The molecular weight excluding hydrogens is 436 g/mol. The molecule has 1 aliphatic heterocycles. The zero-order valence-electron chi connectivity index (χ0n) is 17.1. The number of thiazole rings is 1. The lowest BCUT2D eigenvalue weighted by atomic mass is 10.0. The van der Waals surface area contributed by atoms with Gasteiger partial charge in [-0.3, -0.25) is 9.59 Å². The molecule has 162 valence electrons. The number of carbonyl (C=O) groups excluding carboxylic acids is 2. The van der Waals surface area contributed by atoms with E-state index in [1.54, 1.807) is 23.5 Å². The summed E-state index contributed by atoms with van der Waals surface area (Å²) >= 11 is 7.56. The van der Waals surface area contributed by atoms with E-state index in [0.717, 1.165) is 34.0 Å². The number of carbonyl (C=O) groups is 2. The van der Waals surface area contributed by atoms with Crippen molar-refractivity contribution in [3.63, 3.8) is 0 Å². The van der Waals surface area contributed by atoms with Crippen molar-refractivity contribution in [2.75, 3.05) is 36.5 Å². The van der Waals surface area contributed by atoms with E-state index in [9.17, 15) is 9.59 Å². The molecule has 1 saturated heterocycles. The molecule has 1 fully saturated rings. The number of hydrogen-bond acceptors (Lipinski definition) is 6. The van der Waals surface area contributed by atoms with Gasteiger partial charge < -0.3 is 20.3 Å². The van der Waals surface area contributed by atoms with Crippen LogP contribution in [0.15, 0.2) is 42.5 Å². The fraction of sp³-hybridized carbons (Fsp3) is 0.318. The molecule has 0 spiro atoms. The maximum absolute atomic E-state index is 12.7. The number of amides is 2. The predicted octanol–water partition coefficient (Wildman–Crippen LogP) is 3.99. The van der Waals surface area contributed by atoms with Crippen LogP contribution >= 0.6 is 22.9 Å². The number of hydrogen-bond donors (Lipinski definition) is 2. The summed E-state index contributed by atoms with van der Waals surface area (Å²) in [6.45, 7) is 4.52. The third-order valence-electron chi connectivity index (χ3n) is 4.98. The maximum Gasteiger partial charge on any atom is 0.226 e. The highest BCUT2D eigenvalue weighted by Crippen LogP contribution is 2.31. The number of nitrogens with one attached hydrogen (secondary N) is 2. The van der Waals surface area contributed by atoms with Crippen LogP contribution in [0.1, 0.15) is 24.9 Å². The van der Waals surface area contributed by atoms with Gasteiger partial charge in [-0.2, -0.15) is 0 Å². The number of rotatable bonds is 6. The number of aromatic nitrogens is 1. The average Bonchev–Trinajstić information content (AvgIpc) is 3.17. The normalized spacial score (nSPS) is 15.0. The van der Waals surface area contributed by atoms with E-state index in [1.807, 2.05) is 30.3 Å². The average molecular weight is 459 g/mol. The second kappa shape index (κ2) is 9.64. The molecule has 1 unspecified atom stereocenters. The summed E-state index contributed by atoms with van der Waals surface area (Å²) in [5, 5.41) is 7.34. The lowest BCUT2D eigenvalue weighted by Crippen LogP contribution is -2.36. The third-order valence-corrected chi connectivity index (χ3v) is 6.31. The Labute approximate surface area is 189 Å². The summed E-state index contributed by atoms with van der Waals surface area (Å²) in [7, 11) is 0. The topological polar surface area (TPSA) is 83.6 Å². The summed E-state index contributed by atoms with van der Waals surface area (Å²) in [6.07, 6.45) is 0.112. The summed E-state index contributed by atoms with van der Waals surface area (Å²) < 4.78 is 6.42. The Morgan fingerprint density at radius 3 is 2.65 bits per heavy atom. The second-order valence-electron chi connectivity index (χ2n) is 7.34. The molecule has 2 aromatic carbocycles. The SMILES string of the molecule is CC(=O)NC(CC(=O)Nc1ccc2nc(N3CCOCC3)sc2c1)c1ccc(Cl)cc1. The molecule has 1 atom stereocenters. The minimum Gasteiger partial charge on any atom is -0.378 e. The van der Waals surface area contributed by atoms with E-state index in [0.29, 0.717) is 23.9 Å². The molecular formula is C22H23ClN4O3S. The highest BCUT2D eigenvalue weighted by molar-refractivity contribution is 7.22. The molecule has 1 aliphatic rings. The molecule has 7 nitrogen and oxygen atoms in total. The van der Waals surface area contributed by atoms with E-state index in [-0.39, 0.29) is 18.2 Å². The van der Waals surface area contributed by atoms with Crippen LogP contribution in [0.4, 0.5) is 10.8 Å². The van der Waals surface area contributed by atoms with Gasteiger partial charge in [0.2, 0.25) is 11.8 Å². The molecule has 3 aromatic rings. The number of anilines is 2. The van der Waals surface area contributed by atoms with Gasteiger partial charge in [0.25, 0.3) is 0 Å². The Morgan fingerprint density at radius 2 is 1.94 bits per heavy atom. The Kier molecular flexibility index (Phi) is 6.70. The van der Waals surface area contributed by atoms with Crippen molar-refractivity contribution in [1.82, 2.24) is 10.3 Å². The fourth-order valence-electron chi connectivity index (χ4n) is 3.47. The van der Waals surface area contributed by atoms with E-state index < -0.39 is 6.04 Å². The smallest absolute Gasteiger partial charge is 0.226 e. The lowest BCUT2D eigenvalue weighted by molar-refractivity contribution is -0.120. The zero-order valence-corrected chi connectivity index (χ0v) is 18.6. The van der Waals surface area contributed by atoms with Crippen LogP contribution in [0.25, 0.3) is 10.2 Å². The number of benzene rings is 2. The molecule has 1 aromatic heterocycles. The van der Waals surface area contributed by atoms with Gasteiger partial charge >= 0.3 is 0 Å². The first-order valence-electron chi connectivity index (χ1n) is 10.0.